The average molecular weight is 720 g/mol. The van der Waals surface area contributed by atoms with Gasteiger partial charge in [0.2, 0.25) is 17.7 Å². The number of benzene rings is 3. The summed E-state index contributed by atoms with van der Waals surface area (Å²) in [6.07, 6.45) is 1.65. The summed E-state index contributed by atoms with van der Waals surface area (Å²) >= 11 is 0. The number of hydrogen-bond donors (Lipinski definition) is 5. The lowest BCUT2D eigenvalue weighted by atomic mass is 10.0. The van der Waals surface area contributed by atoms with Gasteiger partial charge >= 0.3 is 10.2 Å². The average Bonchev–Trinajstić information content (AvgIpc) is 3.72. The van der Waals surface area contributed by atoms with Gasteiger partial charge in [-0.1, -0.05) is 5.21 Å². The number of phenols is 1. The lowest BCUT2D eigenvalue weighted by Crippen LogP contribution is -2.54. The first kappa shape index (κ1) is 33.1. The van der Waals surface area contributed by atoms with Gasteiger partial charge in [0, 0.05) is 29.6 Å². The number of nitrogens with zero attached hydrogens (tertiary/aromatic N) is 5. The van der Waals surface area contributed by atoms with Crippen molar-refractivity contribution in [2.45, 2.75) is 38.4 Å². The lowest BCUT2D eigenvalue weighted by molar-refractivity contribution is -0.136. The first-order valence-electron chi connectivity index (χ1n) is 15.4. The minimum absolute atomic E-state index is 0.0177. The Hall–Kier alpha value is -6.44. The van der Waals surface area contributed by atoms with E-state index in [-0.39, 0.29) is 59.9 Å². The van der Waals surface area contributed by atoms with Crippen LogP contribution in [0.3, 0.4) is 0 Å². The van der Waals surface area contributed by atoms with Crippen molar-refractivity contribution in [3.63, 3.8) is 0 Å². The Bertz CT molecular complexity index is 2330. The van der Waals surface area contributed by atoms with Gasteiger partial charge in [-0.2, -0.15) is 8.42 Å². The van der Waals surface area contributed by atoms with E-state index >= 15 is 4.39 Å². The van der Waals surface area contributed by atoms with Crippen molar-refractivity contribution in [3.05, 3.63) is 71.3 Å². The first-order chi connectivity index (χ1) is 24.3. The summed E-state index contributed by atoms with van der Waals surface area (Å²) in [4.78, 5) is 74.9. The fourth-order valence-corrected chi connectivity index (χ4v) is 7.20. The molecule has 1 aromatic heterocycles. The molecule has 1 atom stereocenters. The Kier molecular flexibility index (Phi) is 8.08. The van der Waals surface area contributed by atoms with Crippen LogP contribution in [0.2, 0.25) is 0 Å². The molecule has 51 heavy (non-hydrogen) atoms. The van der Waals surface area contributed by atoms with Crippen LogP contribution in [0.25, 0.3) is 10.8 Å². The lowest BCUT2D eigenvalue weighted by Gasteiger charge is -2.27. The fraction of sp³-hybridized carbons (Fsp3) is 0.226. The highest BCUT2D eigenvalue weighted by molar-refractivity contribution is 7.92. The number of piperidine rings is 1. The van der Waals surface area contributed by atoms with E-state index in [1.165, 1.54) is 35.0 Å². The predicted molar refractivity (Wildman–Crippen MR) is 174 cm³/mol. The van der Waals surface area contributed by atoms with E-state index in [4.69, 9.17) is 0 Å². The Labute approximate surface area is 286 Å². The molecule has 3 aliphatic heterocycles. The molecule has 0 radical (unpaired) electrons. The Morgan fingerprint density at radius 3 is 2.51 bits per heavy atom. The predicted octanol–water partition coefficient (Wildman–Crippen LogP) is 0.499. The molecule has 5 N–H and O–H groups in total. The number of hydrogen-bond acceptors (Lipinski definition) is 12. The van der Waals surface area contributed by atoms with Gasteiger partial charge in [-0.15, -0.1) is 5.10 Å². The van der Waals surface area contributed by atoms with E-state index in [1.807, 2.05) is 0 Å². The number of imide groups is 2. The maximum absolute atomic E-state index is 15.3. The van der Waals surface area contributed by atoms with Crippen LogP contribution >= 0.6 is 0 Å². The minimum atomic E-state index is -4.36. The number of carbonyl (C=O) groups is 6. The molecular weight excluding hydrogens is 693 g/mol. The maximum Gasteiger partial charge on any atom is 0.326 e. The number of nitrogens with one attached hydrogen (secondary N) is 4. The Balaban J connectivity index is 0.940. The molecule has 0 spiro atoms. The van der Waals surface area contributed by atoms with Crippen LogP contribution in [-0.2, 0) is 42.5 Å². The summed E-state index contributed by atoms with van der Waals surface area (Å²) in [5, 5.41) is 26.6. The molecule has 7 rings (SSSR count). The number of aryl methyl sites for hydroxylation is 1. The Morgan fingerprint density at radius 2 is 1.76 bits per heavy atom. The topological polar surface area (TPSA) is 242 Å². The fourth-order valence-electron chi connectivity index (χ4n) is 6.04. The third-order valence-corrected chi connectivity index (χ3v) is 9.83. The van der Waals surface area contributed by atoms with Crippen LogP contribution in [0.4, 0.5) is 21.5 Å². The first-order valence-corrected chi connectivity index (χ1v) is 16.8. The third-order valence-electron chi connectivity index (χ3n) is 8.45. The van der Waals surface area contributed by atoms with Crippen molar-refractivity contribution in [2.24, 2.45) is 0 Å². The van der Waals surface area contributed by atoms with Crippen LogP contribution in [0.15, 0.2) is 48.7 Å². The second-order valence-electron chi connectivity index (χ2n) is 11.9. The highest BCUT2D eigenvalue weighted by Crippen LogP contribution is 2.39. The van der Waals surface area contributed by atoms with Gasteiger partial charge in [-0.05, 0) is 54.3 Å². The van der Waals surface area contributed by atoms with Crippen molar-refractivity contribution < 1.29 is 46.7 Å². The van der Waals surface area contributed by atoms with Crippen LogP contribution in [0.5, 0.6) is 5.75 Å². The van der Waals surface area contributed by atoms with Gasteiger partial charge in [0.1, 0.15) is 29.7 Å². The van der Waals surface area contributed by atoms with Crippen molar-refractivity contribution >= 4 is 73.5 Å². The normalized spacial score (nSPS) is 18.2. The molecule has 3 aliphatic rings. The molecule has 262 valence electrons. The van der Waals surface area contributed by atoms with E-state index < -0.39 is 75.5 Å². The number of halogens is 1. The van der Waals surface area contributed by atoms with Crippen molar-refractivity contribution in [1.82, 2.24) is 29.9 Å². The van der Waals surface area contributed by atoms with Gasteiger partial charge in [-0.3, -0.25) is 43.7 Å². The van der Waals surface area contributed by atoms with Gasteiger partial charge in [0.05, 0.1) is 30.4 Å². The van der Waals surface area contributed by atoms with Gasteiger partial charge < -0.3 is 15.7 Å². The van der Waals surface area contributed by atoms with Crippen molar-refractivity contribution in [2.75, 3.05) is 21.5 Å². The minimum Gasteiger partial charge on any atom is -0.506 e. The number of aromatic hydroxyl groups is 1. The van der Waals surface area contributed by atoms with Crippen molar-refractivity contribution in [1.29, 1.82) is 0 Å². The number of carbonyl (C=O) groups excluding carboxylic acids is 6. The smallest absolute Gasteiger partial charge is 0.326 e. The van der Waals surface area contributed by atoms with Crippen LogP contribution < -0.4 is 25.0 Å². The summed E-state index contributed by atoms with van der Waals surface area (Å²) < 4.78 is 43.3. The zero-order valence-corrected chi connectivity index (χ0v) is 27.0. The number of rotatable bonds is 9. The number of aromatic nitrogens is 3. The highest BCUT2D eigenvalue weighted by atomic mass is 32.2. The molecule has 2 saturated heterocycles. The molecule has 4 aromatic rings. The van der Waals surface area contributed by atoms with E-state index in [0.29, 0.717) is 15.7 Å². The van der Waals surface area contributed by atoms with E-state index in [1.54, 1.807) is 17.0 Å². The second-order valence-corrected chi connectivity index (χ2v) is 13.5. The second kappa shape index (κ2) is 12.5. The highest BCUT2D eigenvalue weighted by Gasteiger charge is 2.44. The molecule has 1 unspecified atom stereocenters. The standard InChI is InChI=1S/C31H26FN9O9S/c32-27-19-3-2-17(9-15(19)10-23(42)28(27)40-14-26(45)37-51(40,49)50)34-25(44)7-8-39-13-18(36-38-39)12-33-16-1-4-20-21(11-16)31(48)41(30(20)47)22-5-6-24(43)35-29(22)46/h1-4,9-11,13,22,33,42H,5-8,12,14H2,(H,34,44)(H,37,45)(H,35,43,46). The molecule has 0 bridgehead atoms. The van der Waals surface area contributed by atoms with E-state index in [2.05, 4.69) is 26.3 Å². The molecule has 6 amide bonds. The van der Waals surface area contributed by atoms with Crippen molar-refractivity contribution in [3.8, 4) is 5.75 Å². The van der Waals surface area contributed by atoms with Gasteiger partial charge in [0.25, 0.3) is 17.7 Å². The molecule has 0 aliphatic carbocycles. The molecule has 2 fully saturated rings. The summed E-state index contributed by atoms with van der Waals surface area (Å²) in [5.74, 6) is -5.46. The largest absolute Gasteiger partial charge is 0.506 e. The summed E-state index contributed by atoms with van der Waals surface area (Å²) in [6, 6.07) is 8.75. The van der Waals surface area contributed by atoms with Gasteiger partial charge in [-0.25, -0.2) is 13.4 Å². The van der Waals surface area contributed by atoms with Crippen LogP contribution in [0.1, 0.15) is 45.7 Å². The summed E-state index contributed by atoms with van der Waals surface area (Å²) in [7, 11) is -4.36. The van der Waals surface area contributed by atoms with Crippen LogP contribution in [-0.4, -0.2) is 81.4 Å². The molecule has 4 heterocycles. The molecule has 0 saturated carbocycles. The molecular formula is C31H26FN9O9S. The summed E-state index contributed by atoms with van der Waals surface area (Å²) in [5.41, 5.74) is 0.882. The van der Waals surface area contributed by atoms with E-state index in [9.17, 15) is 42.3 Å². The molecule has 18 nitrogen and oxygen atoms in total. The number of phenolic OH excluding ortho intramolecular Hbond substituents is 1. The Morgan fingerprint density at radius 1 is 1.00 bits per heavy atom. The number of amides is 6. The molecule has 20 heteroatoms. The third kappa shape index (κ3) is 6.16. The number of anilines is 3. The molecule has 3 aromatic carbocycles. The summed E-state index contributed by atoms with van der Waals surface area (Å²) in [6.45, 7) is -0.360. The SMILES string of the molecule is O=C1CCC(N2C(=O)c3ccc(NCc4cn(CCC(=O)Nc5ccc6c(F)c(N7CC(=O)NS7(=O)=O)c(O)cc6c5)nn4)cc3C2=O)C(=O)N1. The quantitative estimate of drug-likeness (QED) is 0.149. The number of fused-ring (bicyclic) bond motifs is 2. The monoisotopic (exact) mass is 719 g/mol. The van der Waals surface area contributed by atoms with Crippen LogP contribution in [0, 0.1) is 5.82 Å². The van der Waals surface area contributed by atoms with E-state index in [0.717, 1.165) is 11.0 Å². The maximum atomic E-state index is 15.3. The zero-order valence-electron chi connectivity index (χ0n) is 26.2. The van der Waals surface area contributed by atoms with Gasteiger partial charge in [0.15, 0.2) is 5.82 Å². The zero-order chi connectivity index (χ0) is 36.2.